The molecule has 0 saturated heterocycles. The Morgan fingerprint density at radius 2 is 1.86 bits per heavy atom. The molecular weight excluding hydrogens is 310 g/mol. The largest absolute Gasteiger partial charge is 0.349 e. The first-order valence-corrected chi connectivity index (χ1v) is 7.31. The predicted octanol–water partition coefficient (Wildman–Crippen LogP) is 3.23. The Labute approximate surface area is 103 Å². The second-order valence-corrected chi connectivity index (χ2v) is 4.67. The van der Waals surface area contributed by atoms with Gasteiger partial charge in [-0.25, -0.2) is 0 Å². The van der Waals surface area contributed by atoms with Crippen LogP contribution in [0.3, 0.4) is 0 Å². The third kappa shape index (κ3) is 4.78. The second-order valence-electron chi connectivity index (χ2n) is 3.55. The van der Waals surface area contributed by atoms with Crippen molar-refractivity contribution in [1.82, 2.24) is 5.32 Å². The van der Waals surface area contributed by atoms with Gasteiger partial charge < -0.3 is 5.32 Å². The maximum atomic E-state index is 11.5. The molecule has 0 aromatic heterocycles. The van der Waals surface area contributed by atoms with Gasteiger partial charge in [0.15, 0.2) is 0 Å². The Kier molecular flexibility index (Phi) is 7.92. The van der Waals surface area contributed by atoms with E-state index in [9.17, 15) is 4.79 Å². The van der Waals surface area contributed by atoms with E-state index in [4.69, 9.17) is 0 Å². The zero-order valence-electron chi connectivity index (χ0n) is 8.91. The highest BCUT2D eigenvalue weighted by molar-refractivity contribution is 9.09. The molecule has 0 atom stereocenters. The fourth-order valence-electron chi connectivity index (χ4n) is 1.08. The Hall–Kier alpha value is 0.430. The number of nitrogens with one attached hydrogen (secondary N) is 1. The van der Waals surface area contributed by atoms with Crippen LogP contribution < -0.4 is 5.32 Å². The van der Waals surface area contributed by atoms with Crippen molar-refractivity contribution in [2.75, 3.05) is 10.7 Å². The smallest absolute Gasteiger partial charge is 0.220 e. The van der Waals surface area contributed by atoms with Gasteiger partial charge in [-0.3, -0.25) is 4.79 Å². The van der Waals surface area contributed by atoms with Gasteiger partial charge in [-0.1, -0.05) is 52.1 Å². The molecule has 0 fully saturated rings. The van der Waals surface area contributed by atoms with Crippen LogP contribution in [0.15, 0.2) is 0 Å². The molecule has 14 heavy (non-hydrogen) atoms. The minimum atomic E-state index is -0.120. The molecule has 2 nitrogen and oxygen atoms in total. The molecule has 0 radical (unpaired) electrons. The number of halogens is 2. The van der Waals surface area contributed by atoms with Crippen LogP contribution in [0.2, 0.25) is 0 Å². The van der Waals surface area contributed by atoms with Crippen molar-refractivity contribution in [3.05, 3.63) is 0 Å². The number of rotatable bonds is 7. The van der Waals surface area contributed by atoms with Crippen LogP contribution in [0, 0.1) is 0 Å². The summed E-state index contributed by atoms with van der Waals surface area (Å²) in [6.45, 7) is 4.18. The van der Waals surface area contributed by atoms with E-state index in [1.165, 1.54) is 0 Å². The molecule has 0 aliphatic carbocycles. The summed E-state index contributed by atoms with van der Waals surface area (Å²) < 4.78 is 0. The molecule has 0 aromatic carbocycles. The van der Waals surface area contributed by atoms with E-state index in [1.54, 1.807) is 0 Å². The monoisotopic (exact) mass is 327 g/mol. The van der Waals surface area contributed by atoms with Gasteiger partial charge in [0.1, 0.15) is 0 Å². The van der Waals surface area contributed by atoms with Crippen molar-refractivity contribution in [2.24, 2.45) is 0 Å². The molecule has 0 rings (SSSR count). The molecular formula is C10H19Br2NO. The van der Waals surface area contributed by atoms with Gasteiger partial charge in [0.05, 0.1) is 5.54 Å². The minimum Gasteiger partial charge on any atom is -0.349 e. The maximum absolute atomic E-state index is 11.5. The summed E-state index contributed by atoms with van der Waals surface area (Å²) in [5, 5.41) is 4.66. The fourth-order valence-corrected chi connectivity index (χ4v) is 3.08. The van der Waals surface area contributed by atoms with Crippen LogP contribution in [0.1, 0.15) is 39.5 Å². The summed E-state index contributed by atoms with van der Waals surface area (Å²) in [4.78, 5) is 11.5. The number of alkyl halides is 2. The van der Waals surface area contributed by atoms with E-state index in [0.717, 1.165) is 29.9 Å². The third-order valence-corrected chi connectivity index (χ3v) is 4.50. The third-order valence-electron chi connectivity index (χ3n) is 2.35. The van der Waals surface area contributed by atoms with Crippen LogP contribution in [-0.4, -0.2) is 22.1 Å². The lowest BCUT2D eigenvalue weighted by Crippen LogP contribution is -2.51. The first-order chi connectivity index (χ1) is 6.64. The predicted molar refractivity (Wildman–Crippen MR) is 68.3 cm³/mol. The number of amides is 1. The van der Waals surface area contributed by atoms with Gasteiger partial charge in [0.25, 0.3) is 0 Å². The molecule has 0 spiro atoms. The highest BCUT2D eigenvalue weighted by Gasteiger charge is 2.27. The Morgan fingerprint density at radius 1 is 1.29 bits per heavy atom. The van der Waals surface area contributed by atoms with Gasteiger partial charge in [0, 0.05) is 17.1 Å². The van der Waals surface area contributed by atoms with Crippen LogP contribution in [-0.2, 0) is 4.79 Å². The van der Waals surface area contributed by atoms with Crippen molar-refractivity contribution < 1.29 is 4.79 Å². The Balaban J connectivity index is 4.08. The molecule has 0 unspecified atom stereocenters. The molecule has 4 heteroatoms. The number of hydrogen-bond donors (Lipinski definition) is 1. The molecule has 0 bridgehead atoms. The molecule has 0 aliphatic heterocycles. The zero-order chi connectivity index (χ0) is 11.0. The van der Waals surface area contributed by atoms with Gasteiger partial charge in [-0.2, -0.15) is 0 Å². The van der Waals surface area contributed by atoms with E-state index in [0.29, 0.717) is 6.42 Å². The Morgan fingerprint density at radius 3 is 2.21 bits per heavy atom. The van der Waals surface area contributed by atoms with E-state index in [1.807, 2.05) is 0 Å². The summed E-state index contributed by atoms with van der Waals surface area (Å²) in [7, 11) is 0. The summed E-state index contributed by atoms with van der Waals surface area (Å²) in [5.41, 5.74) is -0.120. The van der Waals surface area contributed by atoms with Gasteiger partial charge in [-0.15, -0.1) is 0 Å². The van der Waals surface area contributed by atoms with E-state index >= 15 is 0 Å². The quantitative estimate of drug-likeness (QED) is 0.714. The number of carbonyl (C=O) groups is 1. The standard InChI is InChI=1S/C10H19Br2NO/c1-3-5-6-9(14)13-10(4-2,7-11)8-12/h3-8H2,1-2H3,(H,13,14). The normalized spacial score (nSPS) is 11.4. The molecule has 1 amide bonds. The molecule has 0 aromatic rings. The van der Waals surface area contributed by atoms with Crippen LogP contribution >= 0.6 is 31.9 Å². The highest BCUT2D eigenvalue weighted by Crippen LogP contribution is 2.17. The lowest BCUT2D eigenvalue weighted by Gasteiger charge is -2.30. The van der Waals surface area contributed by atoms with E-state index in [-0.39, 0.29) is 11.4 Å². The van der Waals surface area contributed by atoms with Crippen molar-refractivity contribution in [3.8, 4) is 0 Å². The average molecular weight is 329 g/mol. The first kappa shape index (κ1) is 14.4. The van der Waals surface area contributed by atoms with Crippen LogP contribution in [0.25, 0.3) is 0 Å². The van der Waals surface area contributed by atoms with E-state index < -0.39 is 0 Å². The first-order valence-electron chi connectivity index (χ1n) is 5.07. The van der Waals surface area contributed by atoms with Crippen LogP contribution in [0.4, 0.5) is 0 Å². The number of unbranched alkanes of at least 4 members (excludes halogenated alkanes) is 1. The summed E-state index contributed by atoms with van der Waals surface area (Å²) in [5.74, 6) is 0.160. The lowest BCUT2D eigenvalue weighted by atomic mass is 10.0. The van der Waals surface area contributed by atoms with Gasteiger partial charge in [-0.05, 0) is 12.8 Å². The highest BCUT2D eigenvalue weighted by atomic mass is 79.9. The van der Waals surface area contributed by atoms with E-state index in [2.05, 4.69) is 51.0 Å². The fraction of sp³-hybridized carbons (Fsp3) is 0.900. The minimum absolute atomic E-state index is 0.120. The topological polar surface area (TPSA) is 29.1 Å². The zero-order valence-corrected chi connectivity index (χ0v) is 12.1. The average Bonchev–Trinajstić information content (AvgIpc) is 2.23. The summed E-state index contributed by atoms with van der Waals surface area (Å²) in [6.07, 6.45) is 3.60. The molecule has 1 N–H and O–H groups in total. The SMILES string of the molecule is CCCCC(=O)NC(CC)(CBr)CBr. The van der Waals surface area contributed by atoms with Crippen molar-refractivity contribution in [1.29, 1.82) is 0 Å². The second kappa shape index (κ2) is 7.69. The number of carbonyl (C=O) groups excluding carboxylic acids is 1. The number of hydrogen-bond acceptors (Lipinski definition) is 1. The Bertz CT molecular complexity index is 161. The molecule has 0 aliphatic rings. The van der Waals surface area contributed by atoms with Gasteiger partial charge in [0.2, 0.25) is 5.91 Å². The molecule has 0 heterocycles. The van der Waals surface area contributed by atoms with Crippen molar-refractivity contribution in [2.45, 2.75) is 45.1 Å². The molecule has 84 valence electrons. The van der Waals surface area contributed by atoms with Crippen molar-refractivity contribution >= 4 is 37.8 Å². The lowest BCUT2D eigenvalue weighted by molar-refractivity contribution is -0.122. The van der Waals surface area contributed by atoms with Crippen LogP contribution in [0.5, 0.6) is 0 Å². The summed E-state index contributed by atoms with van der Waals surface area (Å²) >= 11 is 6.89. The summed E-state index contributed by atoms with van der Waals surface area (Å²) in [6, 6.07) is 0. The van der Waals surface area contributed by atoms with Gasteiger partial charge >= 0.3 is 0 Å². The molecule has 0 saturated carbocycles. The maximum Gasteiger partial charge on any atom is 0.220 e. The van der Waals surface area contributed by atoms with Crippen molar-refractivity contribution in [3.63, 3.8) is 0 Å².